The van der Waals surface area contributed by atoms with Crippen LogP contribution >= 0.6 is 15.9 Å². The van der Waals surface area contributed by atoms with Gasteiger partial charge in [0.05, 0.1) is 6.10 Å². The molecular weight excluding hydrogens is 314 g/mol. The SMILES string of the molecule is NC(=O)C1CC(O)CN1C(=O)c1ccc(N)c(Br)c1. The Morgan fingerprint density at radius 3 is 2.68 bits per heavy atom. The summed E-state index contributed by atoms with van der Waals surface area (Å²) in [5.41, 5.74) is 11.8. The lowest BCUT2D eigenvalue weighted by Crippen LogP contribution is -2.43. The molecule has 2 unspecified atom stereocenters. The third-order valence-corrected chi connectivity index (χ3v) is 3.80. The van der Waals surface area contributed by atoms with Gasteiger partial charge in [-0.15, -0.1) is 0 Å². The van der Waals surface area contributed by atoms with Crippen molar-refractivity contribution in [1.29, 1.82) is 0 Å². The predicted octanol–water partition coefficient (Wildman–Crippen LogP) is 0.0920. The van der Waals surface area contributed by atoms with Gasteiger partial charge in [-0.05, 0) is 34.1 Å². The van der Waals surface area contributed by atoms with Crippen LogP contribution in [0.4, 0.5) is 5.69 Å². The quantitative estimate of drug-likeness (QED) is 0.669. The summed E-state index contributed by atoms with van der Waals surface area (Å²) >= 11 is 3.24. The van der Waals surface area contributed by atoms with E-state index in [1.54, 1.807) is 18.2 Å². The average molecular weight is 328 g/mol. The summed E-state index contributed by atoms with van der Waals surface area (Å²) in [5.74, 6) is -0.958. The Hall–Kier alpha value is -1.60. The number of primary amides is 1. The number of hydrogen-bond donors (Lipinski definition) is 3. The van der Waals surface area contributed by atoms with E-state index in [9.17, 15) is 14.7 Å². The van der Waals surface area contributed by atoms with Crippen LogP contribution in [0.3, 0.4) is 0 Å². The smallest absolute Gasteiger partial charge is 0.254 e. The van der Waals surface area contributed by atoms with E-state index in [1.807, 2.05) is 0 Å². The van der Waals surface area contributed by atoms with Crippen molar-refractivity contribution in [3.8, 4) is 0 Å². The van der Waals surface area contributed by atoms with Gasteiger partial charge in [-0.1, -0.05) is 0 Å². The molecule has 1 aliphatic rings. The molecule has 19 heavy (non-hydrogen) atoms. The van der Waals surface area contributed by atoms with Crippen molar-refractivity contribution in [3.05, 3.63) is 28.2 Å². The molecule has 1 aromatic carbocycles. The van der Waals surface area contributed by atoms with Crippen molar-refractivity contribution in [2.24, 2.45) is 5.73 Å². The standard InChI is InChI=1S/C12H14BrN3O3/c13-8-3-6(1-2-9(8)14)12(19)16-5-7(17)4-10(16)11(15)18/h1-3,7,10,17H,4-5,14H2,(H2,15,18). The van der Waals surface area contributed by atoms with Crippen LogP contribution in [0.25, 0.3) is 0 Å². The van der Waals surface area contributed by atoms with Crippen LogP contribution in [0.5, 0.6) is 0 Å². The minimum Gasteiger partial charge on any atom is -0.398 e. The number of amides is 2. The lowest BCUT2D eigenvalue weighted by molar-refractivity contribution is -0.121. The van der Waals surface area contributed by atoms with Gasteiger partial charge in [0.2, 0.25) is 5.91 Å². The van der Waals surface area contributed by atoms with Crippen molar-refractivity contribution in [2.75, 3.05) is 12.3 Å². The van der Waals surface area contributed by atoms with E-state index in [0.29, 0.717) is 15.7 Å². The van der Waals surface area contributed by atoms with Crippen molar-refractivity contribution < 1.29 is 14.7 Å². The Balaban J connectivity index is 2.27. The minimum absolute atomic E-state index is 0.106. The molecule has 0 aromatic heterocycles. The Bertz CT molecular complexity index is 535. The van der Waals surface area contributed by atoms with Gasteiger partial charge < -0.3 is 21.5 Å². The molecule has 2 atom stereocenters. The fraction of sp³-hybridized carbons (Fsp3) is 0.333. The number of β-amino-alcohol motifs (C(OH)–C–C–N with tert-alkyl or cyclic N) is 1. The average Bonchev–Trinajstić information content (AvgIpc) is 2.74. The second-order valence-electron chi connectivity index (χ2n) is 4.50. The maximum atomic E-state index is 12.3. The summed E-state index contributed by atoms with van der Waals surface area (Å²) in [4.78, 5) is 24.9. The molecule has 1 fully saturated rings. The zero-order valence-corrected chi connectivity index (χ0v) is 11.6. The topological polar surface area (TPSA) is 110 Å². The van der Waals surface area contributed by atoms with Crippen molar-refractivity contribution in [2.45, 2.75) is 18.6 Å². The molecule has 6 nitrogen and oxygen atoms in total. The molecule has 7 heteroatoms. The summed E-state index contributed by atoms with van der Waals surface area (Å²) < 4.78 is 0.605. The van der Waals surface area contributed by atoms with Crippen molar-refractivity contribution in [3.63, 3.8) is 0 Å². The number of hydrogen-bond acceptors (Lipinski definition) is 4. The Morgan fingerprint density at radius 2 is 2.11 bits per heavy atom. The first-order valence-corrected chi connectivity index (χ1v) is 6.53. The zero-order valence-electron chi connectivity index (χ0n) is 10.0. The van der Waals surface area contributed by atoms with E-state index in [0.717, 1.165) is 0 Å². The van der Waals surface area contributed by atoms with Crippen LogP contribution in [0, 0.1) is 0 Å². The van der Waals surface area contributed by atoms with Crippen LogP contribution in [-0.2, 0) is 4.79 Å². The molecule has 0 aliphatic carbocycles. The Labute approximate surface area is 118 Å². The van der Waals surface area contributed by atoms with E-state index in [1.165, 1.54) is 4.90 Å². The first kappa shape index (κ1) is 13.8. The molecule has 102 valence electrons. The molecule has 0 bridgehead atoms. The fourth-order valence-electron chi connectivity index (χ4n) is 2.13. The van der Waals surface area contributed by atoms with E-state index in [2.05, 4.69) is 15.9 Å². The monoisotopic (exact) mass is 327 g/mol. The highest BCUT2D eigenvalue weighted by Crippen LogP contribution is 2.24. The third kappa shape index (κ3) is 2.71. The van der Waals surface area contributed by atoms with Gasteiger partial charge in [-0.2, -0.15) is 0 Å². The number of carbonyl (C=O) groups excluding carboxylic acids is 2. The number of anilines is 1. The van der Waals surface area contributed by atoms with Crippen LogP contribution in [0.2, 0.25) is 0 Å². The number of aliphatic hydroxyl groups excluding tert-OH is 1. The first-order chi connectivity index (χ1) is 8.90. The normalized spacial score (nSPS) is 22.5. The van der Waals surface area contributed by atoms with Gasteiger partial charge in [0.25, 0.3) is 5.91 Å². The summed E-state index contributed by atoms with van der Waals surface area (Å²) in [6.07, 6.45) is -0.546. The van der Waals surface area contributed by atoms with Gasteiger partial charge in [0.15, 0.2) is 0 Å². The van der Waals surface area contributed by atoms with Gasteiger partial charge in [0.1, 0.15) is 6.04 Å². The lowest BCUT2D eigenvalue weighted by atomic mass is 10.1. The van der Waals surface area contributed by atoms with Crippen LogP contribution in [0.15, 0.2) is 22.7 Å². The molecule has 5 N–H and O–H groups in total. The van der Waals surface area contributed by atoms with Crippen LogP contribution in [0.1, 0.15) is 16.8 Å². The van der Waals surface area contributed by atoms with Gasteiger partial charge in [-0.25, -0.2) is 0 Å². The number of nitrogens with zero attached hydrogens (tertiary/aromatic N) is 1. The summed E-state index contributed by atoms with van der Waals surface area (Å²) in [6.45, 7) is 0.106. The molecule has 1 heterocycles. The first-order valence-electron chi connectivity index (χ1n) is 5.73. The number of halogens is 1. The fourth-order valence-corrected chi connectivity index (χ4v) is 2.51. The second kappa shape index (κ2) is 5.18. The van der Waals surface area contributed by atoms with Crippen molar-refractivity contribution >= 4 is 33.4 Å². The molecule has 0 spiro atoms. The molecule has 2 amide bonds. The lowest BCUT2D eigenvalue weighted by Gasteiger charge is -2.22. The number of nitrogens with two attached hydrogens (primary N) is 2. The summed E-state index contributed by atoms with van der Waals surface area (Å²) in [5, 5.41) is 9.58. The highest BCUT2D eigenvalue weighted by molar-refractivity contribution is 9.10. The van der Waals surface area contributed by atoms with Gasteiger partial charge in [-0.3, -0.25) is 9.59 Å². The van der Waals surface area contributed by atoms with Gasteiger partial charge in [0, 0.05) is 28.7 Å². The van der Waals surface area contributed by atoms with E-state index in [-0.39, 0.29) is 18.9 Å². The van der Waals surface area contributed by atoms with Crippen LogP contribution in [-0.4, -0.2) is 40.5 Å². The molecule has 1 aromatic rings. The van der Waals surface area contributed by atoms with E-state index < -0.39 is 18.1 Å². The summed E-state index contributed by atoms with van der Waals surface area (Å²) in [6, 6.07) is 3.99. The number of nitrogen functional groups attached to an aromatic ring is 1. The molecule has 2 rings (SSSR count). The van der Waals surface area contributed by atoms with Gasteiger partial charge >= 0.3 is 0 Å². The molecule has 1 saturated heterocycles. The maximum absolute atomic E-state index is 12.3. The largest absolute Gasteiger partial charge is 0.398 e. The number of rotatable bonds is 2. The van der Waals surface area contributed by atoms with Crippen molar-refractivity contribution in [1.82, 2.24) is 4.90 Å². The third-order valence-electron chi connectivity index (χ3n) is 3.12. The molecular formula is C12H14BrN3O3. The predicted molar refractivity (Wildman–Crippen MR) is 73.2 cm³/mol. The minimum atomic E-state index is -0.765. The molecule has 0 radical (unpaired) electrons. The van der Waals surface area contributed by atoms with E-state index in [4.69, 9.17) is 11.5 Å². The summed E-state index contributed by atoms with van der Waals surface area (Å²) in [7, 11) is 0. The highest BCUT2D eigenvalue weighted by Gasteiger charge is 2.38. The Morgan fingerprint density at radius 1 is 1.42 bits per heavy atom. The van der Waals surface area contributed by atoms with Crippen LogP contribution < -0.4 is 11.5 Å². The molecule has 1 aliphatic heterocycles. The second-order valence-corrected chi connectivity index (χ2v) is 5.36. The highest BCUT2D eigenvalue weighted by atomic mass is 79.9. The number of benzene rings is 1. The Kier molecular flexibility index (Phi) is 3.77. The van der Waals surface area contributed by atoms with E-state index >= 15 is 0 Å². The number of likely N-dealkylation sites (tertiary alicyclic amines) is 1. The maximum Gasteiger partial charge on any atom is 0.254 e. The zero-order chi connectivity index (χ0) is 14.2. The number of carbonyl (C=O) groups is 2. The molecule has 0 saturated carbocycles. The number of aliphatic hydroxyl groups is 1.